The molecule has 1 amide bonds. The molecule has 3 aromatic carbocycles. The fraction of sp³-hybridized carbons (Fsp3) is 0.267. The maximum Gasteiger partial charge on any atom is 0.239 e. The van der Waals surface area contributed by atoms with Gasteiger partial charge in [0.05, 0.1) is 24.0 Å². The average Bonchev–Trinajstić information content (AvgIpc) is 2.98. The number of nitrogens with zero attached hydrogens (tertiary/aromatic N) is 1. The standard InChI is InChI=1S/C30H29Cl2N3O2/c1-30(2)15-24-28(26(36)16-30)29(20-10-4-6-12-22(20)32)35(25-14-8-7-13-23(25)34-24)18-27(37)33-17-19-9-3-5-11-21(19)31/h3-14,29,34H,15-18H2,1-2H3,(H,33,37). The number of hydrogen-bond donors (Lipinski definition) is 2. The molecule has 37 heavy (non-hydrogen) atoms. The zero-order chi connectivity index (χ0) is 26.2. The topological polar surface area (TPSA) is 61.4 Å². The van der Waals surface area contributed by atoms with E-state index in [0.29, 0.717) is 28.6 Å². The van der Waals surface area contributed by atoms with Gasteiger partial charge in [-0.1, -0.05) is 85.6 Å². The lowest BCUT2D eigenvalue weighted by Gasteiger charge is -2.38. The third kappa shape index (κ3) is 5.25. The highest BCUT2D eigenvalue weighted by molar-refractivity contribution is 6.31. The second-order valence-electron chi connectivity index (χ2n) is 10.4. The van der Waals surface area contributed by atoms with Crippen molar-refractivity contribution in [3.63, 3.8) is 0 Å². The fourth-order valence-corrected chi connectivity index (χ4v) is 5.74. The SMILES string of the molecule is CC1(C)CC(=O)C2=C(C1)Nc1ccccc1N(CC(=O)NCc1ccccc1Cl)C2c1ccccc1Cl. The first-order valence-corrected chi connectivity index (χ1v) is 13.1. The number of Topliss-reactive ketones (excluding diaryl/α,β-unsaturated/α-hetero) is 1. The van der Waals surface area contributed by atoms with E-state index in [-0.39, 0.29) is 23.7 Å². The van der Waals surface area contributed by atoms with Gasteiger partial charge in [-0.2, -0.15) is 0 Å². The molecule has 5 rings (SSSR count). The summed E-state index contributed by atoms with van der Waals surface area (Å²) in [5.74, 6) is -0.114. The first kappa shape index (κ1) is 25.4. The number of nitrogens with one attached hydrogen (secondary N) is 2. The molecular weight excluding hydrogens is 505 g/mol. The van der Waals surface area contributed by atoms with E-state index in [0.717, 1.165) is 34.6 Å². The van der Waals surface area contributed by atoms with E-state index in [1.165, 1.54) is 0 Å². The number of para-hydroxylation sites is 2. The van der Waals surface area contributed by atoms with Gasteiger partial charge in [-0.25, -0.2) is 0 Å². The molecule has 0 saturated carbocycles. The minimum absolute atomic E-state index is 0.0342. The van der Waals surface area contributed by atoms with Gasteiger partial charge in [-0.15, -0.1) is 0 Å². The van der Waals surface area contributed by atoms with Crippen LogP contribution in [0.5, 0.6) is 0 Å². The molecule has 5 nitrogen and oxygen atoms in total. The number of carbonyl (C=O) groups excluding carboxylic acids is 2. The summed E-state index contributed by atoms with van der Waals surface area (Å²) in [5, 5.41) is 7.72. The van der Waals surface area contributed by atoms with Crippen molar-refractivity contribution in [3.05, 3.63) is 105 Å². The Hall–Kier alpha value is -3.28. The molecule has 1 aliphatic heterocycles. The summed E-state index contributed by atoms with van der Waals surface area (Å²) < 4.78 is 0. The Bertz CT molecular complexity index is 1400. The normalized spacial score (nSPS) is 18.4. The molecule has 0 radical (unpaired) electrons. The molecule has 1 atom stereocenters. The lowest BCUT2D eigenvalue weighted by molar-refractivity contribution is -0.120. The molecule has 1 heterocycles. The van der Waals surface area contributed by atoms with Crippen LogP contribution in [0, 0.1) is 5.41 Å². The maximum absolute atomic E-state index is 13.7. The van der Waals surface area contributed by atoms with Crippen LogP contribution in [0.25, 0.3) is 0 Å². The molecule has 2 N–H and O–H groups in total. The van der Waals surface area contributed by atoms with Gasteiger partial charge in [0, 0.05) is 34.3 Å². The van der Waals surface area contributed by atoms with Gasteiger partial charge in [0.25, 0.3) is 0 Å². The average molecular weight is 534 g/mol. The summed E-state index contributed by atoms with van der Waals surface area (Å²) >= 11 is 13.0. The highest BCUT2D eigenvalue weighted by Crippen LogP contribution is 2.49. The summed E-state index contributed by atoms with van der Waals surface area (Å²) in [6, 6.07) is 22.3. The van der Waals surface area contributed by atoms with Crippen molar-refractivity contribution in [1.82, 2.24) is 5.32 Å². The smallest absolute Gasteiger partial charge is 0.239 e. The van der Waals surface area contributed by atoms with Gasteiger partial charge in [0.15, 0.2) is 5.78 Å². The lowest BCUT2D eigenvalue weighted by atomic mass is 9.73. The highest BCUT2D eigenvalue weighted by atomic mass is 35.5. The van der Waals surface area contributed by atoms with Crippen molar-refractivity contribution in [2.75, 3.05) is 16.8 Å². The van der Waals surface area contributed by atoms with Crippen molar-refractivity contribution in [2.45, 2.75) is 39.3 Å². The van der Waals surface area contributed by atoms with Crippen LogP contribution in [0.3, 0.4) is 0 Å². The van der Waals surface area contributed by atoms with Crippen LogP contribution < -0.4 is 15.5 Å². The van der Waals surface area contributed by atoms with Crippen molar-refractivity contribution in [3.8, 4) is 0 Å². The second kappa shape index (κ2) is 10.2. The van der Waals surface area contributed by atoms with E-state index in [1.54, 1.807) is 6.07 Å². The van der Waals surface area contributed by atoms with Crippen LogP contribution in [0.4, 0.5) is 11.4 Å². The maximum atomic E-state index is 13.7. The molecule has 0 fully saturated rings. The highest BCUT2D eigenvalue weighted by Gasteiger charge is 2.42. The second-order valence-corrected chi connectivity index (χ2v) is 11.2. The van der Waals surface area contributed by atoms with Gasteiger partial charge in [-0.3, -0.25) is 9.59 Å². The van der Waals surface area contributed by atoms with Crippen LogP contribution in [0.15, 0.2) is 84.1 Å². The minimum atomic E-state index is -0.519. The Morgan fingerprint density at radius 2 is 1.65 bits per heavy atom. The molecule has 2 aliphatic rings. The third-order valence-electron chi connectivity index (χ3n) is 6.95. The molecular formula is C30H29Cl2N3O2. The third-order valence-corrected chi connectivity index (χ3v) is 7.66. The Morgan fingerprint density at radius 1 is 0.973 bits per heavy atom. The van der Waals surface area contributed by atoms with Gasteiger partial charge >= 0.3 is 0 Å². The lowest BCUT2D eigenvalue weighted by Crippen LogP contribution is -2.42. The summed E-state index contributed by atoms with van der Waals surface area (Å²) in [6.45, 7) is 4.56. The number of allylic oxidation sites excluding steroid dienone is 1. The van der Waals surface area contributed by atoms with Gasteiger partial charge in [-0.05, 0) is 47.2 Å². The van der Waals surface area contributed by atoms with Crippen molar-refractivity contribution in [2.24, 2.45) is 5.41 Å². The number of anilines is 2. The monoisotopic (exact) mass is 533 g/mol. The number of hydrogen-bond acceptors (Lipinski definition) is 4. The molecule has 1 aliphatic carbocycles. The van der Waals surface area contributed by atoms with Crippen LogP contribution in [0.1, 0.15) is 43.9 Å². The van der Waals surface area contributed by atoms with Crippen LogP contribution in [-0.2, 0) is 16.1 Å². The molecule has 1 unspecified atom stereocenters. The summed E-state index contributed by atoms with van der Waals surface area (Å²) in [6.07, 6.45) is 1.15. The first-order chi connectivity index (χ1) is 17.7. The number of benzene rings is 3. The van der Waals surface area contributed by atoms with E-state index < -0.39 is 6.04 Å². The van der Waals surface area contributed by atoms with E-state index in [2.05, 4.69) is 24.5 Å². The Balaban J connectivity index is 1.59. The van der Waals surface area contributed by atoms with Crippen molar-refractivity contribution >= 4 is 46.3 Å². The minimum Gasteiger partial charge on any atom is -0.357 e. The van der Waals surface area contributed by atoms with Crippen LogP contribution >= 0.6 is 23.2 Å². The van der Waals surface area contributed by atoms with Crippen molar-refractivity contribution in [1.29, 1.82) is 0 Å². The predicted octanol–water partition coefficient (Wildman–Crippen LogP) is 6.93. The van der Waals surface area contributed by atoms with Crippen LogP contribution in [0.2, 0.25) is 10.0 Å². The van der Waals surface area contributed by atoms with E-state index in [4.69, 9.17) is 23.2 Å². The van der Waals surface area contributed by atoms with E-state index in [9.17, 15) is 9.59 Å². The Kier molecular flexibility index (Phi) is 7.02. The largest absolute Gasteiger partial charge is 0.357 e. The zero-order valence-corrected chi connectivity index (χ0v) is 22.4. The number of halogens is 2. The molecule has 0 bridgehead atoms. The zero-order valence-electron chi connectivity index (χ0n) is 20.9. The molecule has 0 aromatic heterocycles. The molecule has 0 saturated heterocycles. The summed E-state index contributed by atoms with van der Waals surface area (Å²) in [7, 11) is 0. The molecule has 7 heteroatoms. The summed E-state index contributed by atoms with van der Waals surface area (Å²) in [4.78, 5) is 29.1. The van der Waals surface area contributed by atoms with Gasteiger partial charge < -0.3 is 15.5 Å². The quantitative estimate of drug-likeness (QED) is 0.373. The Labute approximate surface area is 227 Å². The van der Waals surface area contributed by atoms with E-state index in [1.807, 2.05) is 71.6 Å². The van der Waals surface area contributed by atoms with Crippen molar-refractivity contribution < 1.29 is 9.59 Å². The van der Waals surface area contributed by atoms with Crippen LogP contribution in [-0.4, -0.2) is 18.2 Å². The number of amides is 1. The number of rotatable bonds is 5. The molecule has 3 aromatic rings. The predicted molar refractivity (Wildman–Crippen MR) is 150 cm³/mol. The number of carbonyl (C=O) groups is 2. The first-order valence-electron chi connectivity index (χ1n) is 12.4. The summed E-state index contributed by atoms with van der Waals surface area (Å²) in [5.41, 5.74) is 4.70. The molecule has 0 spiro atoms. The van der Waals surface area contributed by atoms with Gasteiger partial charge in [0.1, 0.15) is 0 Å². The van der Waals surface area contributed by atoms with Gasteiger partial charge in [0.2, 0.25) is 5.91 Å². The fourth-order valence-electron chi connectivity index (χ4n) is 5.29. The Morgan fingerprint density at radius 3 is 2.41 bits per heavy atom. The number of ketones is 1. The number of fused-ring (bicyclic) bond motifs is 1. The molecule has 190 valence electrons. The van der Waals surface area contributed by atoms with E-state index >= 15 is 0 Å².